The Balaban J connectivity index is 1.63. The van der Waals surface area contributed by atoms with Gasteiger partial charge < -0.3 is 30.1 Å². The van der Waals surface area contributed by atoms with Gasteiger partial charge in [-0.3, -0.25) is 4.79 Å². The Kier molecular flexibility index (Phi) is 6.71. The van der Waals surface area contributed by atoms with Crippen LogP contribution in [0.25, 0.3) is 0 Å². The first kappa shape index (κ1) is 21.8. The molecule has 1 aliphatic heterocycles. The molecule has 2 aromatic rings. The predicted octanol–water partition coefficient (Wildman–Crippen LogP) is 3.44. The monoisotopic (exact) mass is 453 g/mol. The van der Waals surface area contributed by atoms with Crippen LogP contribution in [0.5, 0.6) is 0 Å². The summed E-state index contributed by atoms with van der Waals surface area (Å²) in [7, 11) is 0. The molecule has 0 radical (unpaired) electrons. The number of carbonyl (C=O) groups excluding carboxylic acids is 2. The van der Waals surface area contributed by atoms with Crippen molar-refractivity contribution in [3.63, 3.8) is 0 Å². The maximum absolute atomic E-state index is 12.2. The van der Waals surface area contributed by atoms with Crippen LogP contribution in [0.3, 0.4) is 0 Å². The summed E-state index contributed by atoms with van der Waals surface area (Å²) in [5, 5.41) is 32.7. The van der Waals surface area contributed by atoms with Crippen molar-refractivity contribution in [2.24, 2.45) is 0 Å². The van der Waals surface area contributed by atoms with Crippen LogP contribution in [0.2, 0.25) is 10.0 Å². The van der Waals surface area contributed by atoms with Crippen molar-refractivity contribution in [1.29, 1.82) is 0 Å². The molecule has 0 spiro atoms. The van der Waals surface area contributed by atoms with Gasteiger partial charge in [-0.05, 0) is 23.8 Å². The van der Waals surface area contributed by atoms with E-state index in [-0.39, 0.29) is 6.42 Å². The lowest BCUT2D eigenvalue weighted by Gasteiger charge is -2.18. The molecule has 0 saturated heterocycles. The number of hydrogen-bond acceptors (Lipinski definition) is 8. The molecule has 0 unspecified atom stereocenters. The lowest BCUT2D eigenvalue weighted by Crippen LogP contribution is -2.33. The molecule has 0 bridgehead atoms. The van der Waals surface area contributed by atoms with Crippen LogP contribution in [0.1, 0.15) is 5.56 Å². The van der Waals surface area contributed by atoms with Gasteiger partial charge in [0.1, 0.15) is 12.7 Å². The third kappa shape index (κ3) is 4.79. The zero-order chi connectivity index (χ0) is 21.8. The Morgan fingerprint density at radius 1 is 1.13 bits per heavy atom. The fraction of sp³-hybridized carbons (Fsp3) is 0.200. The standard InChI is InChI=1S/C20H17Cl2NO7/c21-11-5-3-6-12(22)16(11)23-13-7-2-1-4-10(13)8-15(25)29-9-14(24)19-17(26)18(27)20(28)30-19/h1-7,14,19,23-24,26-27H,8-9H2/t14-,19+/m0/s1. The van der Waals surface area contributed by atoms with E-state index < -0.39 is 42.3 Å². The number of carbonyl (C=O) groups is 2. The fourth-order valence-electron chi connectivity index (χ4n) is 2.75. The molecule has 4 N–H and O–H groups in total. The Morgan fingerprint density at radius 3 is 2.43 bits per heavy atom. The number of halogens is 2. The topological polar surface area (TPSA) is 125 Å². The van der Waals surface area contributed by atoms with E-state index in [2.05, 4.69) is 10.1 Å². The zero-order valence-electron chi connectivity index (χ0n) is 15.3. The van der Waals surface area contributed by atoms with Gasteiger partial charge in [-0.15, -0.1) is 0 Å². The number of aliphatic hydroxyl groups excluding tert-OH is 3. The highest BCUT2D eigenvalue weighted by molar-refractivity contribution is 6.39. The fourth-order valence-corrected chi connectivity index (χ4v) is 3.24. The molecule has 0 saturated carbocycles. The molecule has 1 heterocycles. The van der Waals surface area contributed by atoms with E-state index in [9.17, 15) is 24.9 Å². The van der Waals surface area contributed by atoms with Crippen LogP contribution in [-0.4, -0.2) is 46.1 Å². The number of nitrogens with one attached hydrogen (secondary N) is 1. The zero-order valence-corrected chi connectivity index (χ0v) is 16.9. The van der Waals surface area contributed by atoms with Crippen molar-refractivity contribution in [2.45, 2.75) is 18.6 Å². The summed E-state index contributed by atoms with van der Waals surface area (Å²) in [6.45, 7) is -0.555. The largest absolute Gasteiger partial charge is 0.505 e. The van der Waals surface area contributed by atoms with Crippen molar-refractivity contribution in [2.75, 3.05) is 11.9 Å². The number of rotatable bonds is 7. The first-order chi connectivity index (χ1) is 14.3. The van der Waals surface area contributed by atoms with Crippen molar-refractivity contribution in [3.05, 3.63) is 69.6 Å². The Bertz CT molecular complexity index is 988. The SMILES string of the molecule is O=C(Cc1ccccc1Nc1c(Cl)cccc1Cl)OC[C@H](O)[C@H]1OC(=O)C(O)=C1O. The van der Waals surface area contributed by atoms with Crippen LogP contribution < -0.4 is 5.32 Å². The Hall–Kier alpha value is -2.94. The van der Waals surface area contributed by atoms with Gasteiger partial charge in [-0.1, -0.05) is 47.5 Å². The summed E-state index contributed by atoms with van der Waals surface area (Å²) in [6, 6.07) is 12.0. The van der Waals surface area contributed by atoms with Gasteiger partial charge in [-0.25, -0.2) is 4.79 Å². The van der Waals surface area contributed by atoms with Gasteiger partial charge >= 0.3 is 11.9 Å². The number of anilines is 2. The van der Waals surface area contributed by atoms with E-state index >= 15 is 0 Å². The second-order valence-electron chi connectivity index (χ2n) is 6.37. The van der Waals surface area contributed by atoms with Gasteiger partial charge in [0.05, 0.1) is 22.2 Å². The van der Waals surface area contributed by atoms with Gasteiger partial charge in [-0.2, -0.15) is 0 Å². The maximum atomic E-state index is 12.2. The van der Waals surface area contributed by atoms with E-state index in [1.54, 1.807) is 42.5 Å². The number of hydrogen-bond donors (Lipinski definition) is 4. The van der Waals surface area contributed by atoms with Crippen molar-refractivity contribution >= 4 is 46.5 Å². The molecular weight excluding hydrogens is 437 g/mol. The van der Waals surface area contributed by atoms with Gasteiger partial charge in [0.2, 0.25) is 5.76 Å². The van der Waals surface area contributed by atoms with Crippen LogP contribution in [-0.2, 0) is 25.5 Å². The number of ether oxygens (including phenoxy) is 2. The molecular formula is C20H17Cl2NO7. The Labute approximate surface area is 181 Å². The smallest absolute Gasteiger partial charge is 0.377 e. The first-order valence-electron chi connectivity index (χ1n) is 8.73. The maximum Gasteiger partial charge on any atom is 0.377 e. The molecule has 8 nitrogen and oxygen atoms in total. The van der Waals surface area contributed by atoms with E-state index in [4.69, 9.17) is 27.9 Å². The average molecular weight is 454 g/mol. The summed E-state index contributed by atoms with van der Waals surface area (Å²) in [4.78, 5) is 23.4. The first-order valence-corrected chi connectivity index (χ1v) is 9.49. The third-order valence-corrected chi connectivity index (χ3v) is 4.91. The quantitative estimate of drug-likeness (QED) is 0.469. The van der Waals surface area contributed by atoms with Crippen molar-refractivity contribution in [1.82, 2.24) is 0 Å². The van der Waals surface area contributed by atoms with Crippen LogP contribution in [0, 0.1) is 0 Å². The molecule has 2 atom stereocenters. The third-order valence-electron chi connectivity index (χ3n) is 4.28. The van der Waals surface area contributed by atoms with E-state index in [1.807, 2.05) is 0 Å². The highest BCUT2D eigenvalue weighted by atomic mass is 35.5. The number of benzene rings is 2. The van der Waals surface area contributed by atoms with E-state index in [0.29, 0.717) is 27.0 Å². The molecule has 0 amide bonds. The van der Waals surface area contributed by atoms with Crippen molar-refractivity contribution in [3.8, 4) is 0 Å². The minimum atomic E-state index is -1.54. The minimum Gasteiger partial charge on any atom is -0.505 e. The minimum absolute atomic E-state index is 0.143. The van der Waals surface area contributed by atoms with Crippen LogP contribution in [0.15, 0.2) is 54.0 Å². The highest BCUT2D eigenvalue weighted by Crippen LogP contribution is 2.33. The van der Waals surface area contributed by atoms with E-state index in [1.165, 1.54) is 0 Å². The molecule has 158 valence electrons. The Morgan fingerprint density at radius 2 is 1.80 bits per heavy atom. The van der Waals surface area contributed by atoms with Crippen LogP contribution in [0.4, 0.5) is 11.4 Å². The predicted molar refractivity (Wildman–Crippen MR) is 109 cm³/mol. The summed E-state index contributed by atoms with van der Waals surface area (Å²) >= 11 is 12.3. The average Bonchev–Trinajstić information content (AvgIpc) is 2.97. The second-order valence-corrected chi connectivity index (χ2v) is 7.18. The number of para-hydroxylation sites is 2. The summed E-state index contributed by atoms with van der Waals surface area (Å²) in [6.07, 6.45) is -3.19. The summed E-state index contributed by atoms with van der Waals surface area (Å²) in [5.41, 5.74) is 1.66. The molecule has 30 heavy (non-hydrogen) atoms. The molecule has 1 aliphatic rings. The highest BCUT2D eigenvalue weighted by Gasteiger charge is 2.39. The lowest BCUT2D eigenvalue weighted by molar-refractivity contribution is -0.154. The van der Waals surface area contributed by atoms with Crippen molar-refractivity contribution < 1.29 is 34.4 Å². The molecule has 0 fully saturated rings. The molecule has 2 aromatic carbocycles. The molecule has 0 aliphatic carbocycles. The molecule has 10 heteroatoms. The molecule has 3 rings (SSSR count). The molecule has 0 aromatic heterocycles. The van der Waals surface area contributed by atoms with Gasteiger partial charge in [0.15, 0.2) is 11.9 Å². The van der Waals surface area contributed by atoms with E-state index in [0.717, 1.165) is 0 Å². The summed E-state index contributed by atoms with van der Waals surface area (Å²) < 4.78 is 9.63. The number of cyclic esters (lactones) is 1. The number of aliphatic hydroxyl groups is 3. The summed E-state index contributed by atoms with van der Waals surface area (Å²) in [5.74, 6) is -3.63. The second kappa shape index (κ2) is 9.25. The van der Waals surface area contributed by atoms with Gasteiger partial charge in [0.25, 0.3) is 0 Å². The normalized spacial score (nSPS) is 16.9. The number of esters is 2. The van der Waals surface area contributed by atoms with Gasteiger partial charge in [0, 0.05) is 5.69 Å². The van der Waals surface area contributed by atoms with Crippen LogP contribution >= 0.6 is 23.2 Å². The lowest BCUT2D eigenvalue weighted by atomic mass is 10.1.